The third-order valence-corrected chi connectivity index (χ3v) is 2.07. The average molecular weight is 240 g/mol. The molecule has 0 aliphatic heterocycles. The lowest BCUT2D eigenvalue weighted by atomic mass is 10.1. The Balaban J connectivity index is 2.87. The highest BCUT2D eigenvalue weighted by Crippen LogP contribution is 2.10. The summed E-state index contributed by atoms with van der Waals surface area (Å²) in [6, 6.07) is 1.66. The predicted molar refractivity (Wildman–Crippen MR) is 67.5 cm³/mol. The molecule has 0 aliphatic rings. The van der Waals surface area contributed by atoms with Gasteiger partial charge in [-0.1, -0.05) is 12.2 Å². The minimum absolute atomic E-state index is 0.236. The lowest BCUT2D eigenvalue weighted by Gasteiger charge is -2.25. The van der Waals surface area contributed by atoms with Gasteiger partial charge in [0.25, 0.3) is 0 Å². The van der Waals surface area contributed by atoms with Gasteiger partial charge in [-0.05, 0) is 19.9 Å². The Morgan fingerprint density at radius 2 is 2.25 bits per heavy atom. The molecule has 0 saturated carbocycles. The summed E-state index contributed by atoms with van der Waals surface area (Å²) in [4.78, 5) is 10.3. The molecule has 16 heavy (non-hydrogen) atoms. The number of thiocarbonyl (C=S) groups is 1. The molecule has 0 aliphatic carbocycles. The van der Waals surface area contributed by atoms with Crippen LogP contribution in [0.4, 0.5) is 5.95 Å². The number of aromatic nitrogens is 2. The normalized spacial score (nSPS) is 11.2. The van der Waals surface area contributed by atoms with Crippen molar-refractivity contribution in [3.8, 4) is 0 Å². The van der Waals surface area contributed by atoms with Crippen LogP contribution >= 0.6 is 12.2 Å². The standard InChI is InChI=1S/C10H16N4OS/c1-10(2,15)6-14(3)9-12-5-4-7(13-9)8(11)16/h4-5,15H,6H2,1-3H3,(H2,11,16). The smallest absolute Gasteiger partial charge is 0.225 e. The molecule has 1 rings (SSSR count). The number of nitrogens with zero attached hydrogens (tertiary/aromatic N) is 3. The monoisotopic (exact) mass is 240 g/mol. The summed E-state index contributed by atoms with van der Waals surface area (Å²) in [7, 11) is 1.80. The van der Waals surface area contributed by atoms with Gasteiger partial charge in [0, 0.05) is 19.8 Å². The van der Waals surface area contributed by atoms with Gasteiger partial charge in [-0.3, -0.25) is 0 Å². The summed E-state index contributed by atoms with van der Waals surface area (Å²) in [5, 5.41) is 9.68. The van der Waals surface area contributed by atoms with Gasteiger partial charge >= 0.3 is 0 Å². The van der Waals surface area contributed by atoms with Gasteiger partial charge in [0.2, 0.25) is 5.95 Å². The van der Waals surface area contributed by atoms with Crippen LogP contribution in [0.3, 0.4) is 0 Å². The Kier molecular flexibility index (Phi) is 3.77. The van der Waals surface area contributed by atoms with Crippen molar-refractivity contribution in [1.29, 1.82) is 0 Å². The first-order valence-corrected chi connectivity index (χ1v) is 5.27. The van der Waals surface area contributed by atoms with Crippen molar-refractivity contribution in [3.63, 3.8) is 0 Å². The Morgan fingerprint density at radius 1 is 1.62 bits per heavy atom. The van der Waals surface area contributed by atoms with Crippen LogP contribution in [0, 0.1) is 0 Å². The number of hydrogen-bond donors (Lipinski definition) is 2. The Hall–Kier alpha value is -1.27. The maximum absolute atomic E-state index is 9.68. The molecule has 0 bridgehead atoms. The van der Waals surface area contributed by atoms with E-state index in [-0.39, 0.29) is 4.99 Å². The Morgan fingerprint density at radius 3 is 2.75 bits per heavy atom. The fraction of sp³-hybridized carbons (Fsp3) is 0.500. The van der Waals surface area contributed by atoms with Crippen LogP contribution in [0.2, 0.25) is 0 Å². The van der Waals surface area contributed by atoms with Crippen molar-refractivity contribution in [2.75, 3.05) is 18.5 Å². The Labute approximate surface area is 100 Å². The molecule has 5 nitrogen and oxygen atoms in total. The van der Waals surface area contributed by atoms with Gasteiger partial charge in [0.15, 0.2) is 0 Å². The van der Waals surface area contributed by atoms with Crippen LogP contribution in [0.25, 0.3) is 0 Å². The number of aliphatic hydroxyl groups is 1. The highest BCUT2D eigenvalue weighted by atomic mass is 32.1. The second-order valence-electron chi connectivity index (χ2n) is 4.27. The molecule has 1 aromatic heterocycles. The molecule has 0 fully saturated rings. The van der Waals surface area contributed by atoms with Crippen molar-refractivity contribution in [3.05, 3.63) is 18.0 Å². The van der Waals surface area contributed by atoms with Crippen LogP contribution < -0.4 is 10.6 Å². The third-order valence-electron chi connectivity index (χ3n) is 1.86. The summed E-state index contributed by atoms with van der Waals surface area (Å²) in [6.45, 7) is 3.87. The van der Waals surface area contributed by atoms with Crippen LogP contribution in [-0.4, -0.2) is 39.3 Å². The SMILES string of the molecule is CN(CC(C)(C)O)c1nccc(C(N)=S)n1. The van der Waals surface area contributed by atoms with Crippen molar-refractivity contribution < 1.29 is 5.11 Å². The van der Waals surface area contributed by atoms with Crippen molar-refractivity contribution in [2.45, 2.75) is 19.4 Å². The average Bonchev–Trinajstić information content (AvgIpc) is 2.15. The highest BCUT2D eigenvalue weighted by molar-refractivity contribution is 7.80. The van der Waals surface area contributed by atoms with Crippen molar-refractivity contribution >= 4 is 23.2 Å². The number of anilines is 1. The van der Waals surface area contributed by atoms with E-state index in [0.717, 1.165) is 0 Å². The summed E-state index contributed by atoms with van der Waals surface area (Å²) in [5.41, 5.74) is 5.21. The van der Waals surface area contributed by atoms with Crippen LogP contribution in [0.1, 0.15) is 19.5 Å². The van der Waals surface area contributed by atoms with Crippen LogP contribution in [-0.2, 0) is 0 Å². The molecule has 1 aromatic rings. The van der Waals surface area contributed by atoms with Gasteiger partial charge in [-0.15, -0.1) is 0 Å². The second kappa shape index (κ2) is 4.71. The fourth-order valence-electron chi connectivity index (χ4n) is 1.32. The molecule has 1 heterocycles. The van der Waals surface area contributed by atoms with E-state index in [2.05, 4.69) is 9.97 Å². The first-order chi connectivity index (χ1) is 7.29. The van der Waals surface area contributed by atoms with E-state index >= 15 is 0 Å². The highest BCUT2D eigenvalue weighted by Gasteiger charge is 2.17. The summed E-state index contributed by atoms with van der Waals surface area (Å²) < 4.78 is 0. The van der Waals surface area contributed by atoms with Crippen molar-refractivity contribution in [2.24, 2.45) is 5.73 Å². The van der Waals surface area contributed by atoms with Gasteiger partial charge in [0.1, 0.15) is 10.7 Å². The first-order valence-electron chi connectivity index (χ1n) is 4.86. The topological polar surface area (TPSA) is 75.3 Å². The van der Waals surface area contributed by atoms with Gasteiger partial charge in [0.05, 0.1) is 5.60 Å². The molecule has 0 spiro atoms. The molecular weight excluding hydrogens is 224 g/mol. The van der Waals surface area contributed by atoms with E-state index in [9.17, 15) is 5.11 Å². The van der Waals surface area contributed by atoms with Gasteiger partial charge in [-0.2, -0.15) is 0 Å². The fourth-order valence-corrected chi connectivity index (χ4v) is 1.43. The molecule has 0 radical (unpaired) electrons. The van der Waals surface area contributed by atoms with Gasteiger partial charge < -0.3 is 15.7 Å². The van der Waals surface area contributed by atoms with Gasteiger partial charge in [-0.25, -0.2) is 9.97 Å². The van der Waals surface area contributed by atoms with E-state index in [1.54, 1.807) is 38.1 Å². The summed E-state index contributed by atoms with van der Waals surface area (Å²) in [6.07, 6.45) is 1.59. The number of rotatable bonds is 4. The largest absolute Gasteiger partial charge is 0.389 e. The first kappa shape index (κ1) is 12.8. The van der Waals surface area contributed by atoms with E-state index in [4.69, 9.17) is 18.0 Å². The number of hydrogen-bond acceptors (Lipinski definition) is 5. The zero-order valence-corrected chi connectivity index (χ0v) is 10.5. The quantitative estimate of drug-likeness (QED) is 0.738. The maximum atomic E-state index is 9.68. The predicted octanol–water partition coefficient (Wildman–Crippen LogP) is 0.318. The number of likely N-dealkylation sites (N-methyl/N-ethyl adjacent to an activating group) is 1. The molecule has 0 unspecified atom stereocenters. The van der Waals surface area contributed by atoms with Crippen molar-refractivity contribution in [1.82, 2.24) is 9.97 Å². The Bertz CT molecular complexity index is 389. The summed E-state index contributed by atoms with van der Waals surface area (Å²) in [5.74, 6) is 0.493. The van der Waals surface area contributed by atoms with E-state index in [0.29, 0.717) is 18.2 Å². The van der Waals surface area contributed by atoms with Crippen LogP contribution in [0.5, 0.6) is 0 Å². The summed E-state index contributed by atoms with van der Waals surface area (Å²) >= 11 is 4.84. The van der Waals surface area contributed by atoms with Crippen LogP contribution in [0.15, 0.2) is 12.3 Å². The number of nitrogens with two attached hydrogens (primary N) is 1. The second-order valence-corrected chi connectivity index (χ2v) is 4.71. The molecule has 0 atom stereocenters. The molecular formula is C10H16N4OS. The maximum Gasteiger partial charge on any atom is 0.225 e. The minimum Gasteiger partial charge on any atom is -0.389 e. The van der Waals surface area contributed by atoms with E-state index < -0.39 is 5.60 Å². The molecule has 0 aromatic carbocycles. The lowest BCUT2D eigenvalue weighted by molar-refractivity contribution is 0.0883. The molecule has 3 N–H and O–H groups in total. The zero-order valence-electron chi connectivity index (χ0n) is 9.64. The third kappa shape index (κ3) is 3.71. The minimum atomic E-state index is -0.808. The molecule has 88 valence electrons. The molecule has 0 saturated heterocycles. The molecule has 6 heteroatoms. The lowest BCUT2D eigenvalue weighted by Crippen LogP contribution is -2.37. The van der Waals surface area contributed by atoms with E-state index in [1.165, 1.54) is 0 Å². The zero-order chi connectivity index (χ0) is 12.3. The van der Waals surface area contributed by atoms with E-state index in [1.807, 2.05) is 0 Å². The molecule has 0 amide bonds.